The van der Waals surface area contributed by atoms with Crippen LogP contribution in [0.4, 0.5) is 4.79 Å². The summed E-state index contributed by atoms with van der Waals surface area (Å²) in [5.41, 5.74) is 1.05. The molecule has 2 heterocycles. The standard InChI is InChI=1S/C11H18N4O3S/c1-15-7-9(6-13-15)2-4-12-11(16)14-10-3-5-19(17,18)8-10/h6-7,10H,2-5,8H2,1H3,(H2,12,14,16)/t10-/m0/s1. The molecule has 19 heavy (non-hydrogen) atoms. The molecule has 2 N–H and O–H groups in total. The Morgan fingerprint density at radius 1 is 1.58 bits per heavy atom. The molecule has 1 atom stereocenters. The lowest BCUT2D eigenvalue weighted by Crippen LogP contribution is -2.43. The van der Waals surface area contributed by atoms with E-state index < -0.39 is 9.84 Å². The van der Waals surface area contributed by atoms with Crippen molar-refractivity contribution in [2.24, 2.45) is 7.05 Å². The van der Waals surface area contributed by atoms with Crippen LogP contribution in [-0.2, 0) is 23.3 Å². The molecular weight excluding hydrogens is 268 g/mol. The van der Waals surface area contributed by atoms with Crippen molar-refractivity contribution >= 4 is 15.9 Å². The summed E-state index contributed by atoms with van der Waals surface area (Å²) in [5, 5.41) is 9.42. The van der Waals surface area contributed by atoms with Crippen molar-refractivity contribution in [1.82, 2.24) is 20.4 Å². The summed E-state index contributed by atoms with van der Waals surface area (Å²) in [6.07, 6.45) is 4.84. The van der Waals surface area contributed by atoms with Gasteiger partial charge in [-0.2, -0.15) is 5.10 Å². The topological polar surface area (TPSA) is 93.1 Å². The van der Waals surface area contributed by atoms with E-state index >= 15 is 0 Å². The maximum Gasteiger partial charge on any atom is 0.315 e. The number of urea groups is 1. The smallest absolute Gasteiger partial charge is 0.315 e. The molecule has 0 unspecified atom stereocenters. The molecule has 0 radical (unpaired) electrons. The van der Waals surface area contributed by atoms with E-state index in [0.717, 1.165) is 5.56 Å². The van der Waals surface area contributed by atoms with Gasteiger partial charge >= 0.3 is 6.03 Å². The lowest BCUT2D eigenvalue weighted by molar-refractivity contribution is 0.238. The van der Waals surface area contributed by atoms with Crippen molar-refractivity contribution in [3.63, 3.8) is 0 Å². The van der Waals surface area contributed by atoms with Gasteiger partial charge in [0.2, 0.25) is 0 Å². The Hall–Kier alpha value is -1.57. The Morgan fingerprint density at radius 3 is 2.95 bits per heavy atom. The Morgan fingerprint density at radius 2 is 2.37 bits per heavy atom. The molecule has 0 aliphatic carbocycles. The number of carbonyl (C=O) groups excluding carboxylic acids is 1. The Labute approximate surface area is 112 Å². The SMILES string of the molecule is Cn1cc(CCNC(=O)N[C@H]2CCS(=O)(=O)C2)cn1. The number of aryl methyl sites for hydroxylation is 1. The van der Waals surface area contributed by atoms with Gasteiger partial charge in [-0.05, 0) is 18.4 Å². The van der Waals surface area contributed by atoms with E-state index in [1.807, 2.05) is 13.2 Å². The molecule has 2 rings (SSSR count). The van der Waals surface area contributed by atoms with Crippen LogP contribution in [0.5, 0.6) is 0 Å². The molecule has 1 aromatic rings. The fourth-order valence-corrected chi connectivity index (χ4v) is 3.74. The molecule has 1 aliphatic rings. The van der Waals surface area contributed by atoms with E-state index in [9.17, 15) is 13.2 Å². The van der Waals surface area contributed by atoms with Crippen molar-refractivity contribution in [2.45, 2.75) is 18.9 Å². The van der Waals surface area contributed by atoms with Crippen molar-refractivity contribution in [3.8, 4) is 0 Å². The van der Waals surface area contributed by atoms with Gasteiger partial charge in [0.15, 0.2) is 9.84 Å². The van der Waals surface area contributed by atoms with Crippen LogP contribution >= 0.6 is 0 Å². The zero-order chi connectivity index (χ0) is 13.9. The first-order valence-electron chi connectivity index (χ1n) is 6.17. The van der Waals surface area contributed by atoms with E-state index in [1.165, 1.54) is 0 Å². The van der Waals surface area contributed by atoms with Crippen molar-refractivity contribution in [2.75, 3.05) is 18.1 Å². The van der Waals surface area contributed by atoms with Gasteiger partial charge in [-0.15, -0.1) is 0 Å². The zero-order valence-electron chi connectivity index (χ0n) is 10.8. The Balaban J connectivity index is 1.68. The first kappa shape index (κ1) is 13.9. The third-order valence-electron chi connectivity index (χ3n) is 3.03. The average Bonchev–Trinajstić information content (AvgIpc) is 2.85. The Bertz CT molecular complexity index is 552. The molecule has 0 spiro atoms. The van der Waals surface area contributed by atoms with Crippen LogP contribution in [0.3, 0.4) is 0 Å². The summed E-state index contributed by atoms with van der Waals surface area (Å²) in [4.78, 5) is 11.6. The number of hydrogen-bond donors (Lipinski definition) is 2. The normalized spacial score (nSPS) is 21.2. The first-order valence-corrected chi connectivity index (χ1v) is 7.99. The summed E-state index contributed by atoms with van der Waals surface area (Å²) >= 11 is 0. The minimum absolute atomic E-state index is 0.0447. The number of hydrogen-bond acceptors (Lipinski definition) is 4. The summed E-state index contributed by atoms with van der Waals surface area (Å²) in [6, 6.07) is -0.575. The molecular formula is C11H18N4O3S. The molecule has 1 aromatic heterocycles. The fraction of sp³-hybridized carbons (Fsp3) is 0.636. The third kappa shape index (κ3) is 4.23. The van der Waals surface area contributed by atoms with Crippen LogP contribution < -0.4 is 10.6 Å². The lowest BCUT2D eigenvalue weighted by atomic mass is 10.2. The molecule has 7 nitrogen and oxygen atoms in total. The van der Waals surface area contributed by atoms with Gasteiger partial charge in [0.1, 0.15) is 0 Å². The van der Waals surface area contributed by atoms with Crippen molar-refractivity contribution < 1.29 is 13.2 Å². The number of nitrogens with zero attached hydrogens (tertiary/aromatic N) is 2. The summed E-state index contributed by atoms with van der Waals surface area (Å²) in [6.45, 7) is 0.497. The minimum Gasteiger partial charge on any atom is -0.338 e. The quantitative estimate of drug-likeness (QED) is 0.776. The van der Waals surface area contributed by atoms with Crippen molar-refractivity contribution in [1.29, 1.82) is 0 Å². The second kappa shape index (κ2) is 5.60. The molecule has 0 saturated carbocycles. The highest BCUT2D eigenvalue weighted by Crippen LogP contribution is 2.10. The molecule has 2 amide bonds. The first-order chi connectivity index (χ1) is 8.94. The largest absolute Gasteiger partial charge is 0.338 e. The van der Waals surface area contributed by atoms with E-state index in [4.69, 9.17) is 0 Å². The maximum atomic E-state index is 11.6. The summed E-state index contributed by atoms with van der Waals surface area (Å²) in [5.74, 6) is 0.205. The van der Waals surface area contributed by atoms with Gasteiger partial charge in [0.05, 0.1) is 17.7 Å². The molecule has 8 heteroatoms. The maximum absolute atomic E-state index is 11.6. The number of sulfone groups is 1. The van der Waals surface area contributed by atoms with Gasteiger partial charge in [0, 0.05) is 25.8 Å². The average molecular weight is 286 g/mol. The molecule has 0 aromatic carbocycles. The summed E-state index contributed by atoms with van der Waals surface area (Å²) < 4.78 is 24.2. The van der Waals surface area contributed by atoms with E-state index in [0.29, 0.717) is 19.4 Å². The van der Waals surface area contributed by atoms with Gasteiger partial charge < -0.3 is 10.6 Å². The second-order valence-electron chi connectivity index (χ2n) is 4.77. The van der Waals surface area contributed by atoms with Crippen LogP contribution in [0.1, 0.15) is 12.0 Å². The van der Waals surface area contributed by atoms with Crippen LogP contribution in [0.2, 0.25) is 0 Å². The number of amides is 2. The monoisotopic (exact) mass is 286 g/mol. The van der Waals surface area contributed by atoms with E-state index in [2.05, 4.69) is 15.7 Å². The molecule has 1 saturated heterocycles. The van der Waals surface area contributed by atoms with Gasteiger partial charge in [-0.25, -0.2) is 13.2 Å². The predicted octanol–water partition coefficient (Wildman–Crippen LogP) is -0.551. The zero-order valence-corrected chi connectivity index (χ0v) is 11.6. The highest BCUT2D eigenvalue weighted by molar-refractivity contribution is 7.91. The van der Waals surface area contributed by atoms with E-state index in [-0.39, 0.29) is 23.6 Å². The van der Waals surface area contributed by atoms with Crippen LogP contribution in [-0.4, -0.2) is 48.3 Å². The lowest BCUT2D eigenvalue weighted by Gasteiger charge is -2.11. The second-order valence-corrected chi connectivity index (χ2v) is 7.00. The number of nitrogens with one attached hydrogen (secondary N) is 2. The Kier molecular flexibility index (Phi) is 4.08. The number of aromatic nitrogens is 2. The van der Waals surface area contributed by atoms with E-state index in [1.54, 1.807) is 10.9 Å². The molecule has 1 aliphatic heterocycles. The minimum atomic E-state index is -2.96. The highest BCUT2D eigenvalue weighted by atomic mass is 32.2. The van der Waals surface area contributed by atoms with Crippen LogP contribution in [0, 0.1) is 0 Å². The van der Waals surface area contributed by atoms with Gasteiger partial charge in [0.25, 0.3) is 0 Å². The molecule has 1 fully saturated rings. The summed E-state index contributed by atoms with van der Waals surface area (Å²) in [7, 11) is -1.12. The third-order valence-corrected chi connectivity index (χ3v) is 4.79. The molecule has 106 valence electrons. The van der Waals surface area contributed by atoms with Crippen LogP contribution in [0.15, 0.2) is 12.4 Å². The van der Waals surface area contributed by atoms with Crippen molar-refractivity contribution in [3.05, 3.63) is 18.0 Å². The van der Waals surface area contributed by atoms with Crippen LogP contribution in [0.25, 0.3) is 0 Å². The fourth-order valence-electron chi connectivity index (χ4n) is 2.07. The predicted molar refractivity (Wildman–Crippen MR) is 70.5 cm³/mol. The van der Waals surface area contributed by atoms with Gasteiger partial charge in [-0.1, -0.05) is 0 Å². The molecule has 0 bridgehead atoms. The number of carbonyl (C=O) groups is 1. The number of rotatable bonds is 4. The highest BCUT2D eigenvalue weighted by Gasteiger charge is 2.28. The van der Waals surface area contributed by atoms with Gasteiger partial charge in [-0.3, -0.25) is 4.68 Å².